The molecule has 1 amide bonds. The van der Waals surface area contributed by atoms with Crippen LogP contribution in [0, 0.1) is 17.8 Å². The summed E-state index contributed by atoms with van der Waals surface area (Å²) in [4.78, 5) is 15.2. The van der Waals surface area contributed by atoms with E-state index in [1.807, 2.05) is 12.1 Å². The van der Waals surface area contributed by atoms with Gasteiger partial charge in [0.05, 0.1) is 35.8 Å². The molecule has 2 heterocycles. The molecule has 0 radical (unpaired) electrons. The molecule has 1 fully saturated rings. The molecule has 2 aromatic carbocycles. The van der Waals surface area contributed by atoms with Gasteiger partial charge in [0.2, 0.25) is 5.91 Å². The first-order valence-electron chi connectivity index (χ1n) is 14.9. The van der Waals surface area contributed by atoms with Crippen molar-refractivity contribution < 1.29 is 27.8 Å². The zero-order valence-electron chi connectivity index (χ0n) is 23.9. The van der Waals surface area contributed by atoms with E-state index >= 15 is 0 Å². The summed E-state index contributed by atoms with van der Waals surface area (Å²) in [6.45, 7) is 1.45. The number of hydrogen-bond acceptors (Lipinski definition) is 7. The van der Waals surface area contributed by atoms with Crippen LogP contribution in [-0.2, 0) is 31.4 Å². The van der Waals surface area contributed by atoms with Gasteiger partial charge in [0.1, 0.15) is 5.75 Å². The minimum absolute atomic E-state index is 0.00131. The Bertz CT molecular complexity index is 1480. The number of aliphatic hydroxyl groups excluding tert-OH is 1. The monoisotopic (exact) mass is 614 g/mol. The first-order valence-corrected chi connectivity index (χ1v) is 16.8. The van der Waals surface area contributed by atoms with E-state index in [-0.39, 0.29) is 16.4 Å². The Hall–Kier alpha value is -2.59. The number of nitrogens with zero attached hydrogens (tertiary/aromatic N) is 1. The van der Waals surface area contributed by atoms with Gasteiger partial charge in [-0.3, -0.25) is 4.79 Å². The van der Waals surface area contributed by atoms with Crippen LogP contribution in [0.5, 0.6) is 5.75 Å². The fourth-order valence-electron chi connectivity index (χ4n) is 7.30. The number of aryl methyl sites for hydroxylation is 1. The topological polar surface area (TPSA) is 105 Å². The number of amides is 1. The Balaban J connectivity index is 1.44. The van der Waals surface area contributed by atoms with Crippen LogP contribution in [0.3, 0.4) is 0 Å². The molecule has 0 aromatic heterocycles. The number of nitrogens with one attached hydrogen (secondary N) is 1. The van der Waals surface area contributed by atoms with Crippen LogP contribution in [0.25, 0.3) is 0 Å². The highest BCUT2D eigenvalue weighted by atomic mass is 35.5. The Labute approximate surface area is 253 Å². The third-order valence-corrected chi connectivity index (χ3v) is 11.4. The van der Waals surface area contributed by atoms with Gasteiger partial charge in [0.15, 0.2) is 0 Å². The van der Waals surface area contributed by atoms with Crippen LogP contribution in [0.2, 0.25) is 5.02 Å². The molecular weight excluding hydrogens is 576 g/mol. The second-order valence-corrected chi connectivity index (χ2v) is 14.4. The average molecular weight is 615 g/mol. The predicted molar refractivity (Wildman–Crippen MR) is 162 cm³/mol. The molecule has 1 spiro atoms. The van der Waals surface area contributed by atoms with Gasteiger partial charge in [0, 0.05) is 30.6 Å². The van der Waals surface area contributed by atoms with Crippen molar-refractivity contribution in [3.8, 4) is 5.75 Å². The number of aliphatic hydroxyl groups is 1. The molecule has 4 aliphatic rings. The number of carbonyl (C=O) groups is 1. The van der Waals surface area contributed by atoms with Gasteiger partial charge < -0.3 is 19.5 Å². The van der Waals surface area contributed by atoms with E-state index in [4.69, 9.17) is 21.1 Å². The fraction of sp³-hybridized carbons (Fsp3) is 0.531. The number of carbonyl (C=O) groups excluding carboxylic acids is 1. The van der Waals surface area contributed by atoms with Crippen LogP contribution in [0.4, 0.5) is 5.69 Å². The highest BCUT2D eigenvalue weighted by Crippen LogP contribution is 2.47. The molecule has 1 saturated carbocycles. The first-order chi connectivity index (χ1) is 20.2. The third kappa shape index (κ3) is 5.56. The highest BCUT2D eigenvalue weighted by Gasteiger charge is 2.44. The summed E-state index contributed by atoms with van der Waals surface area (Å²) in [5.74, 6) is -0.236. The smallest absolute Gasteiger partial charge is 0.264 e. The van der Waals surface area contributed by atoms with Gasteiger partial charge in [-0.2, -0.15) is 0 Å². The Morgan fingerprint density at radius 1 is 1.19 bits per heavy atom. The van der Waals surface area contributed by atoms with Crippen molar-refractivity contribution in [3.05, 3.63) is 64.7 Å². The molecule has 2 aliphatic carbocycles. The second kappa shape index (κ2) is 11.8. The van der Waals surface area contributed by atoms with Crippen molar-refractivity contribution in [2.24, 2.45) is 17.8 Å². The average Bonchev–Trinajstić information content (AvgIpc) is 3.10. The van der Waals surface area contributed by atoms with E-state index in [9.17, 15) is 18.3 Å². The molecule has 0 saturated heterocycles. The number of hydrogen-bond donors (Lipinski definition) is 2. The number of fused-ring (bicyclic) bond motifs is 4. The Morgan fingerprint density at radius 3 is 2.81 bits per heavy atom. The maximum atomic E-state index is 13.4. The number of rotatable bonds is 2. The van der Waals surface area contributed by atoms with Gasteiger partial charge in [-0.05, 0) is 98.2 Å². The van der Waals surface area contributed by atoms with E-state index in [0.29, 0.717) is 49.3 Å². The van der Waals surface area contributed by atoms with Crippen molar-refractivity contribution in [2.45, 2.75) is 61.4 Å². The van der Waals surface area contributed by atoms with E-state index in [1.54, 1.807) is 19.2 Å². The quantitative estimate of drug-likeness (QED) is 0.476. The summed E-state index contributed by atoms with van der Waals surface area (Å²) in [5.41, 5.74) is 2.92. The van der Waals surface area contributed by atoms with Gasteiger partial charge in [-0.15, -0.1) is 0 Å². The molecule has 2 aliphatic heterocycles. The lowest BCUT2D eigenvalue weighted by Crippen LogP contribution is -2.49. The first kappa shape index (κ1) is 29.5. The number of methoxy groups -OCH3 is 1. The summed E-state index contributed by atoms with van der Waals surface area (Å²) in [5, 5.41) is 10.6. The number of benzene rings is 2. The Morgan fingerprint density at radius 2 is 2.05 bits per heavy atom. The standard InChI is InChI=1S/C32H39ClN2O6S/c1-40-29-7-3-2-5-23(18-36)31(37)34-42(38,39)25-10-13-30-28(16-25)35(17-22-8-11-26(22)29)19-32(20-41-30)14-4-6-21-15-24(33)9-12-27(21)32/h3,7,9-10,12-13,15-16,22-23,26,29,36H,2,4-6,8,11,14,17-20H2,1H3,(H,34,37)/b7-3-/t22-,23-,26+,29+,32-/m0/s1. The van der Waals surface area contributed by atoms with Crippen molar-refractivity contribution in [1.29, 1.82) is 0 Å². The number of halogens is 1. The molecular formula is C32H39ClN2O6S. The Kier molecular flexibility index (Phi) is 8.30. The molecule has 2 bridgehead atoms. The van der Waals surface area contributed by atoms with E-state index in [1.165, 1.54) is 17.2 Å². The maximum Gasteiger partial charge on any atom is 0.264 e. The van der Waals surface area contributed by atoms with Crippen molar-refractivity contribution in [1.82, 2.24) is 4.72 Å². The minimum Gasteiger partial charge on any atom is -0.490 e. The molecule has 226 valence electrons. The van der Waals surface area contributed by atoms with Crippen LogP contribution in [-0.4, -0.2) is 58.9 Å². The summed E-state index contributed by atoms with van der Waals surface area (Å²) in [6, 6.07) is 11.0. The molecule has 5 atom stereocenters. The molecule has 42 heavy (non-hydrogen) atoms. The van der Waals surface area contributed by atoms with E-state index in [2.05, 4.69) is 27.8 Å². The molecule has 2 aromatic rings. The predicted octanol–water partition coefficient (Wildman–Crippen LogP) is 4.62. The summed E-state index contributed by atoms with van der Waals surface area (Å²) in [7, 11) is -2.44. The maximum absolute atomic E-state index is 13.4. The SMILES string of the molecule is CO[C@@H]1/C=C\CC[C@@H](CO)C(=O)NS(=O)(=O)c2ccc3c(c2)N(C[C@@H]2CC[C@H]21)C[C@@]1(CCCc2cc(Cl)ccc21)CO3. The molecule has 6 rings (SSSR count). The van der Waals surface area contributed by atoms with Gasteiger partial charge in [-0.25, -0.2) is 13.1 Å². The summed E-state index contributed by atoms with van der Waals surface area (Å²) >= 11 is 6.39. The lowest BCUT2D eigenvalue weighted by atomic mass is 9.68. The van der Waals surface area contributed by atoms with Crippen molar-refractivity contribution in [3.63, 3.8) is 0 Å². The van der Waals surface area contributed by atoms with E-state index in [0.717, 1.165) is 43.7 Å². The lowest BCUT2D eigenvalue weighted by molar-refractivity contribution is -0.124. The van der Waals surface area contributed by atoms with Crippen LogP contribution in [0.1, 0.15) is 49.7 Å². The number of allylic oxidation sites excluding steroid dienone is 1. The third-order valence-electron chi connectivity index (χ3n) is 9.78. The number of ether oxygens (including phenoxy) is 2. The summed E-state index contributed by atoms with van der Waals surface area (Å²) < 4.78 is 41.5. The molecule has 2 N–H and O–H groups in total. The van der Waals surface area contributed by atoms with E-state index < -0.39 is 28.5 Å². The van der Waals surface area contributed by atoms with Crippen LogP contribution < -0.4 is 14.4 Å². The zero-order chi connectivity index (χ0) is 29.5. The van der Waals surface area contributed by atoms with Gasteiger partial charge >= 0.3 is 0 Å². The van der Waals surface area contributed by atoms with Gasteiger partial charge in [-0.1, -0.05) is 29.8 Å². The van der Waals surface area contributed by atoms with Crippen molar-refractivity contribution in [2.75, 3.05) is 38.3 Å². The fourth-order valence-corrected chi connectivity index (χ4v) is 8.56. The molecule has 10 heteroatoms. The summed E-state index contributed by atoms with van der Waals surface area (Å²) in [6.07, 6.45) is 9.90. The van der Waals surface area contributed by atoms with Crippen LogP contribution in [0.15, 0.2) is 53.4 Å². The van der Waals surface area contributed by atoms with Gasteiger partial charge in [0.25, 0.3) is 10.0 Å². The minimum atomic E-state index is -4.17. The molecule has 8 nitrogen and oxygen atoms in total. The normalized spacial score (nSPS) is 31.5. The zero-order valence-corrected chi connectivity index (χ0v) is 25.5. The molecule has 0 unspecified atom stereocenters. The largest absolute Gasteiger partial charge is 0.490 e. The number of sulfonamides is 1. The highest BCUT2D eigenvalue weighted by molar-refractivity contribution is 7.90. The second-order valence-electron chi connectivity index (χ2n) is 12.3. The lowest BCUT2D eigenvalue weighted by Gasteiger charge is -2.46. The van der Waals surface area contributed by atoms with Crippen LogP contribution >= 0.6 is 11.6 Å². The van der Waals surface area contributed by atoms with Crippen molar-refractivity contribution >= 4 is 33.2 Å². The number of anilines is 1.